The number of nitrogens with zero attached hydrogens (tertiary/aromatic N) is 3. The lowest BCUT2D eigenvalue weighted by atomic mass is 10.2. The lowest BCUT2D eigenvalue weighted by Crippen LogP contribution is -2.37. The van der Waals surface area contributed by atoms with E-state index >= 15 is 0 Å². The van der Waals surface area contributed by atoms with Gasteiger partial charge in [-0.2, -0.15) is 5.10 Å². The van der Waals surface area contributed by atoms with Crippen LogP contribution in [0.4, 0.5) is 0 Å². The number of hydrogen-bond donors (Lipinski definition) is 2. The van der Waals surface area contributed by atoms with Crippen LogP contribution in [0, 0.1) is 19.8 Å². The summed E-state index contributed by atoms with van der Waals surface area (Å²) in [7, 11) is 0. The molecule has 0 spiro atoms. The molecule has 0 aliphatic heterocycles. The Morgan fingerprint density at radius 1 is 1.32 bits per heavy atom. The van der Waals surface area contributed by atoms with Gasteiger partial charge in [-0.15, -0.1) is 0 Å². The van der Waals surface area contributed by atoms with E-state index in [1.165, 1.54) is 5.69 Å². The lowest BCUT2D eigenvalue weighted by Gasteiger charge is -2.13. The number of rotatable bonds is 6. The Bertz CT molecular complexity index is 400. The van der Waals surface area contributed by atoms with Crippen LogP contribution in [0.2, 0.25) is 0 Å². The quantitative estimate of drug-likeness (QED) is 0.608. The van der Waals surface area contributed by atoms with Crippen molar-refractivity contribution in [3.8, 4) is 0 Å². The Morgan fingerprint density at radius 2 is 1.95 bits per heavy atom. The number of nitrogens with one attached hydrogen (secondary N) is 2. The maximum atomic E-state index is 4.59. The molecule has 0 aliphatic carbocycles. The number of aromatic nitrogens is 2. The molecule has 5 heteroatoms. The minimum atomic E-state index is 0.463. The summed E-state index contributed by atoms with van der Waals surface area (Å²) >= 11 is 0. The van der Waals surface area contributed by atoms with Gasteiger partial charge >= 0.3 is 0 Å². The molecule has 0 saturated carbocycles. The van der Waals surface area contributed by atoms with Gasteiger partial charge in [0.15, 0.2) is 5.96 Å². The van der Waals surface area contributed by atoms with Crippen LogP contribution in [0.25, 0.3) is 0 Å². The Labute approximate surface area is 116 Å². The third kappa shape index (κ3) is 5.32. The molecule has 1 heterocycles. The second kappa shape index (κ2) is 7.81. The van der Waals surface area contributed by atoms with E-state index < -0.39 is 0 Å². The number of hydrogen-bond acceptors (Lipinski definition) is 2. The molecule has 0 aliphatic rings. The van der Waals surface area contributed by atoms with Crippen LogP contribution in [0.1, 0.15) is 32.2 Å². The van der Waals surface area contributed by atoms with Crippen molar-refractivity contribution in [3.05, 3.63) is 17.5 Å². The van der Waals surface area contributed by atoms with Gasteiger partial charge in [0.25, 0.3) is 0 Å². The molecule has 19 heavy (non-hydrogen) atoms. The van der Waals surface area contributed by atoms with E-state index in [0.29, 0.717) is 5.92 Å². The molecule has 1 aromatic heterocycles. The molecule has 0 radical (unpaired) electrons. The number of guanidine groups is 1. The summed E-state index contributed by atoms with van der Waals surface area (Å²) in [6, 6.07) is 2.11. The average molecular weight is 265 g/mol. The molecular formula is C14H27N5. The summed E-state index contributed by atoms with van der Waals surface area (Å²) in [6.07, 6.45) is 0. The fourth-order valence-electron chi connectivity index (χ4n) is 1.97. The Morgan fingerprint density at radius 3 is 2.42 bits per heavy atom. The van der Waals surface area contributed by atoms with Crippen molar-refractivity contribution in [2.45, 2.75) is 41.2 Å². The maximum absolute atomic E-state index is 4.59. The summed E-state index contributed by atoms with van der Waals surface area (Å²) in [6.45, 7) is 14.0. The van der Waals surface area contributed by atoms with Crippen molar-refractivity contribution in [1.82, 2.24) is 20.4 Å². The second-order valence-corrected chi connectivity index (χ2v) is 4.96. The van der Waals surface area contributed by atoms with Gasteiger partial charge in [-0.05, 0) is 39.7 Å². The molecule has 0 amide bonds. The number of aryl methyl sites for hydroxylation is 2. The van der Waals surface area contributed by atoms with Gasteiger partial charge in [0.1, 0.15) is 0 Å². The molecule has 1 rings (SSSR count). The predicted molar refractivity (Wildman–Crippen MR) is 80.5 cm³/mol. The molecule has 1 aromatic rings. The molecule has 0 bridgehead atoms. The zero-order valence-corrected chi connectivity index (χ0v) is 12.8. The molecule has 108 valence electrons. The largest absolute Gasteiger partial charge is 0.357 e. The van der Waals surface area contributed by atoms with Crippen LogP contribution >= 0.6 is 0 Å². The van der Waals surface area contributed by atoms with Crippen molar-refractivity contribution in [3.63, 3.8) is 0 Å². The third-order valence-corrected chi connectivity index (χ3v) is 2.84. The zero-order chi connectivity index (χ0) is 14.3. The smallest absolute Gasteiger partial charge is 0.191 e. The number of aliphatic imine (C=N–C) groups is 1. The molecular weight excluding hydrogens is 238 g/mol. The topological polar surface area (TPSA) is 54.2 Å². The van der Waals surface area contributed by atoms with Crippen molar-refractivity contribution in [1.29, 1.82) is 0 Å². The van der Waals surface area contributed by atoms with Crippen LogP contribution in [0.5, 0.6) is 0 Å². The van der Waals surface area contributed by atoms with Crippen LogP contribution in [0.15, 0.2) is 11.1 Å². The van der Waals surface area contributed by atoms with E-state index in [1.807, 2.05) is 6.92 Å². The first-order valence-electron chi connectivity index (χ1n) is 7.10. The van der Waals surface area contributed by atoms with Crippen LogP contribution in [0.3, 0.4) is 0 Å². The molecule has 2 N–H and O–H groups in total. The highest BCUT2D eigenvalue weighted by Gasteiger charge is 2.07. The van der Waals surface area contributed by atoms with Gasteiger partial charge < -0.3 is 10.6 Å². The minimum absolute atomic E-state index is 0.463. The molecule has 0 aromatic carbocycles. The van der Waals surface area contributed by atoms with Crippen molar-refractivity contribution in [2.24, 2.45) is 10.9 Å². The summed E-state index contributed by atoms with van der Waals surface area (Å²) in [5, 5.41) is 11.0. The summed E-state index contributed by atoms with van der Waals surface area (Å²) < 4.78 is 2.07. The van der Waals surface area contributed by atoms with E-state index in [2.05, 4.69) is 59.2 Å². The molecule has 1 atom stereocenters. The van der Waals surface area contributed by atoms with Crippen LogP contribution in [-0.2, 0) is 6.54 Å². The van der Waals surface area contributed by atoms with Crippen molar-refractivity contribution in [2.75, 3.05) is 19.6 Å². The van der Waals surface area contributed by atoms with Crippen LogP contribution < -0.4 is 10.6 Å². The maximum Gasteiger partial charge on any atom is 0.191 e. The highest BCUT2D eigenvalue weighted by atomic mass is 15.3. The highest BCUT2D eigenvalue weighted by Crippen LogP contribution is 2.06. The lowest BCUT2D eigenvalue weighted by molar-refractivity contribution is 0.450. The van der Waals surface area contributed by atoms with E-state index in [0.717, 1.165) is 37.8 Å². The molecule has 0 saturated heterocycles. The summed E-state index contributed by atoms with van der Waals surface area (Å²) in [4.78, 5) is 4.59. The fourth-order valence-corrected chi connectivity index (χ4v) is 1.97. The summed E-state index contributed by atoms with van der Waals surface area (Å²) in [5.41, 5.74) is 2.29. The zero-order valence-electron chi connectivity index (χ0n) is 12.8. The van der Waals surface area contributed by atoms with Crippen LogP contribution in [-0.4, -0.2) is 35.4 Å². The standard InChI is InChI=1S/C14H27N5/c1-6-15-14(16-7-2)17-9-11(3)10-19-13(5)8-12(4)18-19/h8,11H,6-7,9-10H2,1-5H3,(H2,15,16,17). The fraction of sp³-hybridized carbons (Fsp3) is 0.714. The summed E-state index contributed by atoms with van der Waals surface area (Å²) in [5.74, 6) is 1.36. The molecule has 1 unspecified atom stereocenters. The van der Waals surface area contributed by atoms with E-state index in [9.17, 15) is 0 Å². The van der Waals surface area contributed by atoms with Gasteiger partial charge in [0.2, 0.25) is 0 Å². The molecule has 5 nitrogen and oxygen atoms in total. The Balaban J connectivity index is 2.52. The first kappa shape index (κ1) is 15.5. The van der Waals surface area contributed by atoms with Gasteiger partial charge in [-0.1, -0.05) is 6.92 Å². The SMILES string of the molecule is CCNC(=NCC(C)Cn1nc(C)cc1C)NCC. The monoisotopic (exact) mass is 265 g/mol. The molecule has 0 fully saturated rings. The normalized spacial score (nSPS) is 12.1. The predicted octanol–water partition coefficient (Wildman–Crippen LogP) is 1.71. The van der Waals surface area contributed by atoms with E-state index in [-0.39, 0.29) is 0 Å². The first-order valence-corrected chi connectivity index (χ1v) is 7.10. The van der Waals surface area contributed by atoms with Gasteiger partial charge in [-0.25, -0.2) is 0 Å². The van der Waals surface area contributed by atoms with Gasteiger partial charge in [0.05, 0.1) is 5.69 Å². The third-order valence-electron chi connectivity index (χ3n) is 2.84. The minimum Gasteiger partial charge on any atom is -0.357 e. The second-order valence-electron chi connectivity index (χ2n) is 4.96. The van der Waals surface area contributed by atoms with Crippen molar-refractivity contribution >= 4 is 5.96 Å². The van der Waals surface area contributed by atoms with Crippen molar-refractivity contribution < 1.29 is 0 Å². The Kier molecular flexibility index (Phi) is 6.39. The van der Waals surface area contributed by atoms with E-state index in [4.69, 9.17) is 0 Å². The van der Waals surface area contributed by atoms with Gasteiger partial charge in [-0.3, -0.25) is 9.67 Å². The first-order chi connectivity index (χ1) is 9.06. The highest BCUT2D eigenvalue weighted by molar-refractivity contribution is 5.79. The van der Waals surface area contributed by atoms with Gasteiger partial charge in [0, 0.05) is 31.9 Å². The Hall–Kier alpha value is -1.52. The average Bonchev–Trinajstić information content (AvgIpc) is 2.65. The van der Waals surface area contributed by atoms with E-state index in [1.54, 1.807) is 0 Å².